The normalized spacial score (nSPS) is 18.6. The fourth-order valence-corrected chi connectivity index (χ4v) is 3.30. The number of benzene rings is 1. The number of carbonyl (C=O) groups is 1. The van der Waals surface area contributed by atoms with E-state index in [2.05, 4.69) is 20.5 Å². The van der Waals surface area contributed by atoms with E-state index in [0.717, 1.165) is 37.1 Å². The lowest BCUT2D eigenvalue weighted by atomic mass is 10.2. The Kier molecular flexibility index (Phi) is 4.62. The van der Waals surface area contributed by atoms with Gasteiger partial charge in [-0.15, -0.1) is 5.10 Å². The maximum atomic E-state index is 12.0. The average Bonchev–Trinajstić information content (AvgIpc) is 2.92. The molecule has 1 fully saturated rings. The zero-order valence-electron chi connectivity index (χ0n) is 12.3. The molecule has 0 unspecified atom stereocenters. The number of nitrogens with zero attached hydrogens (tertiary/aromatic N) is 2. The summed E-state index contributed by atoms with van der Waals surface area (Å²) in [6.07, 6.45) is 2.95. The van der Waals surface area contributed by atoms with Gasteiger partial charge in [0.15, 0.2) is 5.82 Å². The van der Waals surface area contributed by atoms with Crippen LogP contribution < -0.4 is 10.1 Å². The van der Waals surface area contributed by atoms with Gasteiger partial charge in [-0.25, -0.2) is 4.98 Å². The van der Waals surface area contributed by atoms with Crippen molar-refractivity contribution >= 4 is 17.7 Å². The molecule has 1 aromatic carbocycles. The molecule has 22 heavy (non-hydrogen) atoms. The first kappa shape index (κ1) is 14.9. The first-order valence-electron chi connectivity index (χ1n) is 7.27. The highest BCUT2D eigenvalue weighted by molar-refractivity contribution is 8.00. The third kappa shape index (κ3) is 3.41. The molecule has 1 aromatic heterocycles. The number of hydrogen-bond acceptors (Lipinski definition) is 5. The van der Waals surface area contributed by atoms with Gasteiger partial charge in [-0.2, -0.15) is 0 Å². The maximum Gasteiger partial charge on any atom is 0.233 e. The van der Waals surface area contributed by atoms with E-state index in [1.807, 2.05) is 24.3 Å². The van der Waals surface area contributed by atoms with Crippen LogP contribution in [0.3, 0.4) is 0 Å². The van der Waals surface area contributed by atoms with Crippen molar-refractivity contribution in [3.05, 3.63) is 24.3 Å². The quantitative estimate of drug-likeness (QED) is 0.904. The summed E-state index contributed by atoms with van der Waals surface area (Å²) in [6, 6.07) is 7.60. The standard InChI is InChI=1S/C15H18N4O2S/c1-21-11-7-5-10(6-8-11)13-17-15(19-18-13)22-12-4-2-3-9-16-14(12)20/h5-8,12H,2-4,9H2,1H3,(H,16,20)(H,17,18,19)/t12-/m1/s1. The van der Waals surface area contributed by atoms with Gasteiger partial charge in [-0.3, -0.25) is 9.89 Å². The van der Waals surface area contributed by atoms with Crippen LogP contribution in [0.2, 0.25) is 0 Å². The minimum Gasteiger partial charge on any atom is -0.497 e. The van der Waals surface area contributed by atoms with Gasteiger partial charge in [0.05, 0.1) is 12.4 Å². The number of carbonyl (C=O) groups excluding carboxylic acids is 1. The highest BCUT2D eigenvalue weighted by atomic mass is 32.2. The Labute approximate surface area is 133 Å². The summed E-state index contributed by atoms with van der Waals surface area (Å²) < 4.78 is 5.14. The fraction of sp³-hybridized carbons (Fsp3) is 0.400. The van der Waals surface area contributed by atoms with Crippen LogP contribution in [-0.4, -0.2) is 40.0 Å². The Bertz CT molecular complexity index is 641. The SMILES string of the molecule is COc1ccc(-c2nc(S[C@@H]3CCCCNC3=O)n[nH]2)cc1. The van der Waals surface area contributed by atoms with Crippen LogP contribution in [0.1, 0.15) is 19.3 Å². The number of H-pyrrole nitrogens is 1. The van der Waals surface area contributed by atoms with Crippen molar-refractivity contribution < 1.29 is 9.53 Å². The summed E-state index contributed by atoms with van der Waals surface area (Å²) >= 11 is 1.42. The first-order valence-corrected chi connectivity index (χ1v) is 8.15. The number of nitrogens with one attached hydrogen (secondary N) is 2. The molecule has 2 N–H and O–H groups in total. The molecule has 3 rings (SSSR count). The Hall–Kier alpha value is -2.02. The van der Waals surface area contributed by atoms with Crippen molar-refractivity contribution in [2.24, 2.45) is 0 Å². The van der Waals surface area contributed by atoms with Crippen LogP contribution in [0, 0.1) is 0 Å². The lowest BCUT2D eigenvalue weighted by Gasteiger charge is -2.09. The molecule has 0 radical (unpaired) electrons. The highest BCUT2D eigenvalue weighted by Gasteiger charge is 2.23. The van der Waals surface area contributed by atoms with Crippen molar-refractivity contribution in [3.8, 4) is 17.1 Å². The van der Waals surface area contributed by atoms with E-state index >= 15 is 0 Å². The third-order valence-electron chi connectivity index (χ3n) is 3.56. The Morgan fingerprint density at radius 1 is 1.27 bits per heavy atom. The molecule has 0 spiro atoms. The average molecular weight is 318 g/mol. The van der Waals surface area contributed by atoms with Crippen molar-refractivity contribution in [3.63, 3.8) is 0 Å². The van der Waals surface area contributed by atoms with E-state index < -0.39 is 0 Å². The summed E-state index contributed by atoms with van der Waals surface area (Å²) in [7, 11) is 1.63. The van der Waals surface area contributed by atoms with E-state index in [-0.39, 0.29) is 11.2 Å². The number of rotatable bonds is 4. The Morgan fingerprint density at radius 3 is 2.86 bits per heavy atom. The zero-order chi connectivity index (χ0) is 15.4. The van der Waals surface area contributed by atoms with E-state index in [1.54, 1.807) is 7.11 Å². The number of methoxy groups -OCH3 is 1. The zero-order valence-corrected chi connectivity index (χ0v) is 13.2. The third-order valence-corrected chi connectivity index (χ3v) is 4.69. The maximum absolute atomic E-state index is 12.0. The van der Waals surface area contributed by atoms with E-state index in [9.17, 15) is 4.79 Å². The predicted molar refractivity (Wildman–Crippen MR) is 84.9 cm³/mol. The Morgan fingerprint density at radius 2 is 2.09 bits per heavy atom. The smallest absolute Gasteiger partial charge is 0.233 e. The molecule has 7 heteroatoms. The highest BCUT2D eigenvalue weighted by Crippen LogP contribution is 2.27. The van der Waals surface area contributed by atoms with Crippen LogP contribution in [0.5, 0.6) is 5.75 Å². The van der Waals surface area contributed by atoms with Crippen molar-refractivity contribution in [2.45, 2.75) is 29.7 Å². The summed E-state index contributed by atoms with van der Waals surface area (Å²) in [4.78, 5) is 16.4. The predicted octanol–water partition coefficient (Wildman–Crippen LogP) is 2.24. The van der Waals surface area contributed by atoms with Crippen LogP contribution in [0.15, 0.2) is 29.4 Å². The van der Waals surface area contributed by atoms with Crippen LogP contribution in [0.4, 0.5) is 0 Å². The monoisotopic (exact) mass is 318 g/mol. The van der Waals surface area contributed by atoms with E-state index in [1.165, 1.54) is 11.8 Å². The van der Waals surface area contributed by atoms with Crippen molar-refractivity contribution in [1.82, 2.24) is 20.5 Å². The van der Waals surface area contributed by atoms with E-state index in [4.69, 9.17) is 4.74 Å². The molecule has 0 bridgehead atoms. The molecule has 1 atom stereocenters. The number of amides is 1. The van der Waals surface area contributed by atoms with Crippen LogP contribution in [0.25, 0.3) is 11.4 Å². The van der Waals surface area contributed by atoms with Gasteiger partial charge in [0.1, 0.15) is 5.75 Å². The number of ether oxygens (including phenoxy) is 1. The summed E-state index contributed by atoms with van der Waals surface area (Å²) in [5.74, 6) is 1.57. The molecular weight excluding hydrogens is 300 g/mol. The number of aromatic amines is 1. The van der Waals surface area contributed by atoms with Gasteiger partial charge < -0.3 is 10.1 Å². The fourth-order valence-electron chi connectivity index (χ4n) is 2.33. The molecule has 0 saturated carbocycles. The van der Waals surface area contributed by atoms with Crippen LogP contribution >= 0.6 is 11.8 Å². The molecule has 1 saturated heterocycles. The Balaban J connectivity index is 1.71. The van der Waals surface area contributed by atoms with Gasteiger partial charge in [-0.05, 0) is 37.1 Å². The molecule has 6 nitrogen and oxygen atoms in total. The van der Waals surface area contributed by atoms with Gasteiger partial charge in [0, 0.05) is 12.1 Å². The molecule has 1 aliphatic rings. The minimum absolute atomic E-state index is 0.0818. The number of thioether (sulfide) groups is 1. The van der Waals surface area contributed by atoms with Gasteiger partial charge in [0.2, 0.25) is 11.1 Å². The summed E-state index contributed by atoms with van der Waals surface area (Å²) in [5, 5.41) is 10.6. The van der Waals surface area contributed by atoms with Gasteiger partial charge >= 0.3 is 0 Å². The van der Waals surface area contributed by atoms with Gasteiger partial charge in [-0.1, -0.05) is 18.2 Å². The number of hydrogen-bond donors (Lipinski definition) is 2. The summed E-state index contributed by atoms with van der Waals surface area (Å²) in [6.45, 7) is 0.765. The minimum atomic E-state index is -0.109. The summed E-state index contributed by atoms with van der Waals surface area (Å²) in [5.41, 5.74) is 0.936. The molecule has 2 aromatic rings. The molecule has 116 valence electrons. The first-order chi connectivity index (χ1) is 10.8. The van der Waals surface area contributed by atoms with Crippen LogP contribution in [-0.2, 0) is 4.79 Å². The topological polar surface area (TPSA) is 79.9 Å². The second-order valence-corrected chi connectivity index (χ2v) is 6.26. The second-order valence-electron chi connectivity index (χ2n) is 5.09. The molecule has 0 aliphatic carbocycles. The van der Waals surface area contributed by atoms with E-state index in [0.29, 0.717) is 11.0 Å². The molecule has 2 heterocycles. The van der Waals surface area contributed by atoms with Gasteiger partial charge in [0.25, 0.3) is 0 Å². The van der Waals surface area contributed by atoms with Crippen molar-refractivity contribution in [2.75, 3.05) is 13.7 Å². The molecule has 1 amide bonds. The molecule has 1 aliphatic heterocycles. The lowest BCUT2D eigenvalue weighted by Crippen LogP contribution is -2.30. The largest absolute Gasteiger partial charge is 0.497 e. The number of aromatic nitrogens is 3. The van der Waals surface area contributed by atoms with Crippen molar-refractivity contribution in [1.29, 1.82) is 0 Å². The second kappa shape index (κ2) is 6.83. The lowest BCUT2D eigenvalue weighted by molar-refractivity contribution is -0.120. The molecular formula is C15H18N4O2S.